The second-order valence-corrected chi connectivity index (χ2v) is 5.38. The molecule has 1 aromatic rings. The van der Waals surface area contributed by atoms with Gasteiger partial charge >= 0.3 is 12.1 Å². The van der Waals surface area contributed by atoms with Gasteiger partial charge in [-0.1, -0.05) is 26.0 Å². The average Bonchev–Trinajstić information content (AvgIpc) is 2.25. The molecule has 2 N–H and O–H groups in total. The van der Waals surface area contributed by atoms with Gasteiger partial charge < -0.3 is 10.4 Å². The van der Waals surface area contributed by atoms with Gasteiger partial charge in [-0.3, -0.25) is 9.59 Å². The van der Waals surface area contributed by atoms with Gasteiger partial charge in [-0.05, 0) is 17.7 Å². The predicted octanol–water partition coefficient (Wildman–Crippen LogP) is 3.23. The van der Waals surface area contributed by atoms with Crippen molar-refractivity contribution < 1.29 is 27.9 Å². The molecule has 116 valence electrons. The molecular weight excluding hydrogens is 287 g/mol. The van der Waals surface area contributed by atoms with Crippen LogP contribution in [0.25, 0.3) is 0 Å². The topological polar surface area (TPSA) is 66.4 Å². The molecule has 4 nitrogen and oxygen atoms in total. The predicted molar refractivity (Wildman–Crippen MR) is 70.9 cm³/mol. The van der Waals surface area contributed by atoms with Crippen LogP contribution in [0.4, 0.5) is 18.9 Å². The second kappa shape index (κ2) is 6.15. The SMILES string of the molecule is CC(C)(CC(=O)Nc1cccc(CC(=O)O)c1)C(F)(F)F. The molecule has 1 amide bonds. The van der Waals surface area contributed by atoms with E-state index in [2.05, 4.69) is 5.32 Å². The quantitative estimate of drug-likeness (QED) is 0.877. The molecule has 0 heterocycles. The van der Waals surface area contributed by atoms with Crippen LogP contribution in [0, 0.1) is 5.41 Å². The molecule has 0 saturated heterocycles. The van der Waals surface area contributed by atoms with Crippen LogP contribution in [-0.2, 0) is 16.0 Å². The molecule has 0 atom stereocenters. The summed E-state index contributed by atoms with van der Waals surface area (Å²) in [4.78, 5) is 22.3. The molecule has 0 aliphatic carbocycles. The van der Waals surface area contributed by atoms with E-state index in [9.17, 15) is 22.8 Å². The molecule has 0 radical (unpaired) electrons. The van der Waals surface area contributed by atoms with Gasteiger partial charge in [0.2, 0.25) is 5.91 Å². The van der Waals surface area contributed by atoms with E-state index in [0.717, 1.165) is 13.8 Å². The molecule has 7 heteroatoms. The average molecular weight is 303 g/mol. The zero-order chi connectivity index (χ0) is 16.3. The smallest absolute Gasteiger partial charge is 0.394 e. The summed E-state index contributed by atoms with van der Waals surface area (Å²) < 4.78 is 38.1. The van der Waals surface area contributed by atoms with Gasteiger partial charge in [0, 0.05) is 12.1 Å². The van der Waals surface area contributed by atoms with Crippen molar-refractivity contribution in [2.75, 3.05) is 5.32 Å². The normalized spacial score (nSPS) is 12.0. The first-order chi connectivity index (χ1) is 9.51. The number of hydrogen-bond acceptors (Lipinski definition) is 2. The van der Waals surface area contributed by atoms with E-state index in [4.69, 9.17) is 5.11 Å². The third kappa shape index (κ3) is 5.09. The fourth-order valence-corrected chi connectivity index (χ4v) is 1.64. The minimum absolute atomic E-state index is 0.224. The minimum atomic E-state index is -4.48. The molecule has 0 unspecified atom stereocenters. The maximum atomic E-state index is 12.7. The summed E-state index contributed by atoms with van der Waals surface area (Å²) in [5.74, 6) is -1.80. The van der Waals surface area contributed by atoms with Gasteiger partial charge in [-0.25, -0.2) is 0 Å². The number of carbonyl (C=O) groups excluding carboxylic acids is 1. The van der Waals surface area contributed by atoms with E-state index >= 15 is 0 Å². The Morgan fingerprint density at radius 3 is 2.38 bits per heavy atom. The van der Waals surface area contributed by atoms with Crippen LogP contribution < -0.4 is 5.32 Å². The number of carbonyl (C=O) groups is 2. The number of anilines is 1. The minimum Gasteiger partial charge on any atom is -0.481 e. The van der Waals surface area contributed by atoms with Crippen LogP contribution >= 0.6 is 0 Å². The molecule has 0 saturated carbocycles. The Balaban J connectivity index is 2.73. The number of halogens is 3. The zero-order valence-corrected chi connectivity index (χ0v) is 11.6. The largest absolute Gasteiger partial charge is 0.481 e. The van der Waals surface area contributed by atoms with E-state index in [1.165, 1.54) is 18.2 Å². The number of rotatable bonds is 5. The standard InChI is InChI=1S/C14H16F3NO3/c1-13(2,14(15,16)17)8-11(19)18-10-5-3-4-9(6-10)7-12(20)21/h3-6H,7-8H2,1-2H3,(H,18,19)(H,20,21). The van der Waals surface area contributed by atoms with Gasteiger partial charge in [-0.15, -0.1) is 0 Å². The number of hydrogen-bond donors (Lipinski definition) is 2. The molecule has 0 bridgehead atoms. The van der Waals surface area contributed by atoms with E-state index < -0.39 is 29.9 Å². The fraction of sp³-hybridized carbons (Fsp3) is 0.429. The second-order valence-electron chi connectivity index (χ2n) is 5.38. The molecule has 0 aromatic heterocycles. The molecule has 0 aliphatic heterocycles. The summed E-state index contributed by atoms with van der Waals surface area (Å²) in [6.45, 7) is 1.90. The monoisotopic (exact) mass is 303 g/mol. The Kier molecular flexibility index (Phi) is 4.98. The lowest BCUT2D eigenvalue weighted by molar-refractivity contribution is -0.213. The highest BCUT2D eigenvalue weighted by Crippen LogP contribution is 2.40. The Morgan fingerprint density at radius 2 is 1.86 bits per heavy atom. The number of carboxylic acid groups (broad SMARTS) is 1. The van der Waals surface area contributed by atoms with Crippen molar-refractivity contribution in [3.05, 3.63) is 29.8 Å². The summed E-state index contributed by atoms with van der Waals surface area (Å²) in [7, 11) is 0. The molecule has 1 rings (SSSR count). The third-order valence-electron chi connectivity index (χ3n) is 2.94. The van der Waals surface area contributed by atoms with Gasteiger partial charge in [0.15, 0.2) is 0 Å². The number of carboxylic acids is 1. The summed E-state index contributed by atoms with van der Waals surface area (Å²) in [5, 5.41) is 11.0. The van der Waals surface area contributed by atoms with Gasteiger partial charge in [0.1, 0.15) is 0 Å². The van der Waals surface area contributed by atoms with Crippen LogP contribution in [0.2, 0.25) is 0 Å². The number of amides is 1. The molecule has 21 heavy (non-hydrogen) atoms. The lowest BCUT2D eigenvalue weighted by Gasteiger charge is -2.26. The Hall–Kier alpha value is -2.05. The van der Waals surface area contributed by atoms with Gasteiger partial charge in [-0.2, -0.15) is 13.2 Å². The first kappa shape index (κ1) is 17.0. The highest BCUT2D eigenvalue weighted by molar-refractivity contribution is 5.91. The van der Waals surface area contributed by atoms with Crippen LogP contribution in [-0.4, -0.2) is 23.2 Å². The van der Waals surface area contributed by atoms with Crippen molar-refractivity contribution in [3.63, 3.8) is 0 Å². The molecule has 0 aliphatic rings. The Labute approximate surface area is 120 Å². The van der Waals surface area contributed by atoms with Crippen molar-refractivity contribution in [2.24, 2.45) is 5.41 Å². The summed E-state index contributed by atoms with van der Waals surface area (Å²) >= 11 is 0. The summed E-state index contributed by atoms with van der Waals surface area (Å²) in [6.07, 6.45) is -5.41. The van der Waals surface area contributed by atoms with Crippen LogP contribution in [0.3, 0.4) is 0 Å². The number of nitrogens with one attached hydrogen (secondary N) is 1. The van der Waals surface area contributed by atoms with E-state index in [1.807, 2.05) is 0 Å². The van der Waals surface area contributed by atoms with Crippen molar-refractivity contribution >= 4 is 17.6 Å². The number of benzene rings is 1. The highest BCUT2D eigenvalue weighted by atomic mass is 19.4. The first-order valence-electron chi connectivity index (χ1n) is 6.18. The van der Waals surface area contributed by atoms with E-state index in [1.54, 1.807) is 6.07 Å². The Morgan fingerprint density at radius 1 is 1.24 bits per heavy atom. The third-order valence-corrected chi connectivity index (χ3v) is 2.94. The summed E-state index contributed by atoms with van der Waals surface area (Å²) in [5.41, 5.74) is -1.40. The number of aliphatic carboxylic acids is 1. The maximum Gasteiger partial charge on any atom is 0.394 e. The fourth-order valence-electron chi connectivity index (χ4n) is 1.64. The van der Waals surface area contributed by atoms with Crippen molar-refractivity contribution in [1.29, 1.82) is 0 Å². The van der Waals surface area contributed by atoms with Gasteiger partial charge in [0.05, 0.1) is 11.8 Å². The van der Waals surface area contributed by atoms with Crippen molar-refractivity contribution in [1.82, 2.24) is 0 Å². The van der Waals surface area contributed by atoms with Crippen molar-refractivity contribution in [2.45, 2.75) is 32.9 Å². The van der Waals surface area contributed by atoms with Gasteiger partial charge in [0.25, 0.3) is 0 Å². The summed E-state index contributed by atoms with van der Waals surface area (Å²) in [6, 6.07) is 6.00. The maximum absolute atomic E-state index is 12.7. The lowest BCUT2D eigenvalue weighted by atomic mass is 9.88. The highest BCUT2D eigenvalue weighted by Gasteiger charge is 2.48. The Bertz CT molecular complexity index is 539. The molecular formula is C14H16F3NO3. The van der Waals surface area contributed by atoms with E-state index in [-0.39, 0.29) is 12.1 Å². The van der Waals surface area contributed by atoms with Crippen LogP contribution in [0.15, 0.2) is 24.3 Å². The van der Waals surface area contributed by atoms with Crippen molar-refractivity contribution in [3.8, 4) is 0 Å². The number of alkyl halides is 3. The van der Waals surface area contributed by atoms with Crippen LogP contribution in [0.1, 0.15) is 25.8 Å². The lowest BCUT2D eigenvalue weighted by Crippen LogP contribution is -2.35. The molecule has 0 fully saturated rings. The van der Waals surface area contributed by atoms with Crippen LogP contribution in [0.5, 0.6) is 0 Å². The molecule has 1 aromatic carbocycles. The molecule has 0 spiro atoms. The zero-order valence-electron chi connectivity index (χ0n) is 11.6. The first-order valence-corrected chi connectivity index (χ1v) is 6.18. The van der Waals surface area contributed by atoms with E-state index in [0.29, 0.717) is 5.56 Å².